The fourth-order valence-corrected chi connectivity index (χ4v) is 2.34. The lowest BCUT2D eigenvalue weighted by Crippen LogP contribution is -2.03. The van der Waals surface area contributed by atoms with Crippen LogP contribution in [0.15, 0.2) is 28.7 Å². The van der Waals surface area contributed by atoms with Crippen molar-refractivity contribution < 1.29 is 18.6 Å². The summed E-state index contributed by atoms with van der Waals surface area (Å²) < 4.78 is 31.9. The highest BCUT2D eigenvalue weighted by atomic mass is 79.9. The van der Waals surface area contributed by atoms with Crippen LogP contribution in [0, 0.1) is 11.6 Å². The molecular weight excluding hydrogens is 368 g/mol. The van der Waals surface area contributed by atoms with Crippen LogP contribution in [-0.2, 0) is 6.54 Å². The van der Waals surface area contributed by atoms with Crippen molar-refractivity contribution in [1.82, 2.24) is 0 Å². The highest BCUT2D eigenvalue weighted by molar-refractivity contribution is 9.10. The zero-order valence-electron chi connectivity index (χ0n) is 10.9. The van der Waals surface area contributed by atoms with Gasteiger partial charge in [0, 0.05) is 29.3 Å². The molecule has 7 heteroatoms. The Hall–Kier alpha value is -1.53. The first-order valence-corrected chi connectivity index (χ1v) is 7.03. The van der Waals surface area contributed by atoms with E-state index in [1.54, 1.807) is 0 Å². The van der Waals surface area contributed by atoms with Gasteiger partial charge in [-0.05, 0) is 28.1 Å². The summed E-state index contributed by atoms with van der Waals surface area (Å²) in [6, 6.07) is 5.05. The van der Waals surface area contributed by atoms with Gasteiger partial charge in [0.25, 0.3) is 0 Å². The molecule has 0 amide bonds. The number of anilines is 1. The van der Waals surface area contributed by atoms with E-state index in [4.69, 9.17) is 16.3 Å². The molecule has 2 aromatic rings. The average Bonchev–Trinajstić information content (AvgIpc) is 2.44. The quantitative estimate of drug-likeness (QED) is 0.757. The Morgan fingerprint density at radius 2 is 1.95 bits per heavy atom. The first-order valence-electron chi connectivity index (χ1n) is 5.86. The molecular formula is C14H11BrClF2NO2. The van der Waals surface area contributed by atoms with Crippen LogP contribution in [0.3, 0.4) is 0 Å². The number of halogens is 4. The van der Waals surface area contributed by atoms with E-state index in [0.717, 1.165) is 6.07 Å². The zero-order valence-corrected chi connectivity index (χ0v) is 13.2. The topological polar surface area (TPSA) is 41.5 Å². The molecule has 0 aliphatic carbocycles. The number of methoxy groups -OCH3 is 1. The molecule has 112 valence electrons. The zero-order chi connectivity index (χ0) is 15.6. The van der Waals surface area contributed by atoms with Gasteiger partial charge in [-0.1, -0.05) is 11.6 Å². The van der Waals surface area contributed by atoms with Crippen molar-refractivity contribution in [2.24, 2.45) is 0 Å². The van der Waals surface area contributed by atoms with E-state index in [-0.39, 0.29) is 28.2 Å². The lowest BCUT2D eigenvalue weighted by atomic mass is 10.1. The first-order chi connectivity index (χ1) is 9.92. The monoisotopic (exact) mass is 377 g/mol. The van der Waals surface area contributed by atoms with Crippen LogP contribution < -0.4 is 10.1 Å². The van der Waals surface area contributed by atoms with E-state index in [0.29, 0.717) is 10.6 Å². The minimum Gasteiger partial charge on any atom is -0.504 e. The smallest absolute Gasteiger partial charge is 0.162 e. The second kappa shape index (κ2) is 6.49. The Kier molecular flexibility index (Phi) is 4.90. The Bertz CT molecular complexity index is 683. The molecule has 0 bridgehead atoms. The SMILES string of the molecule is COc1cc(Cl)cc(CNc2cc(Br)c(F)cc2F)c1O. The van der Waals surface area contributed by atoms with Crippen LogP contribution >= 0.6 is 27.5 Å². The van der Waals surface area contributed by atoms with E-state index in [1.807, 2.05) is 0 Å². The predicted octanol–water partition coefficient (Wildman–Crippen LogP) is 4.71. The number of aromatic hydroxyl groups is 1. The van der Waals surface area contributed by atoms with Gasteiger partial charge in [0.2, 0.25) is 0 Å². The Morgan fingerprint density at radius 1 is 1.24 bits per heavy atom. The van der Waals surface area contributed by atoms with Crippen molar-refractivity contribution in [2.75, 3.05) is 12.4 Å². The van der Waals surface area contributed by atoms with Crippen LogP contribution in [0.25, 0.3) is 0 Å². The van der Waals surface area contributed by atoms with Crippen LogP contribution in [0.5, 0.6) is 11.5 Å². The molecule has 0 radical (unpaired) electrons. The van der Waals surface area contributed by atoms with Crippen LogP contribution in [-0.4, -0.2) is 12.2 Å². The maximum absolute atomic E-state index is 13.6. The van der Waals surface area contributed by atoms with Crippen LogP contribution in [0.2, 0.25) is 5.02 Å². The third-order valence-corrected chi connectivity index (χ3v) is 3.64. The van der Waals surface area contributed by atoms with Crippen LogP contribution in [0.1, 0.15) is 5.56 Å². The fourth-order valence-electron chi connectivity index (χ4n) is 1.77. The summed E-state index contributed by atoms with van der Waals surface area (Å²) in [6.45, 7) is 0.0950. The lowest BCUT2D eigenvalue weighted by molar-refractivity contribution is 0.371. The van der Waals surface area contributed by atoms with Gasteiger partial charge < -0.3 is 15.2 Å². The average molecular weight is 379 g/mol. The van der Waals surface area contributed by atoms with Gasteiger partial charge in [0.1, 0.15) is 11.6 Å². The Balaban J connectivity index is 2.24. The molecule has 3 nitrogen and oxygen atoms in total. The lowest BCUT2D eigenvalue weighted by Gasteiger charge is -2.12. The highest BCUT2D eigenvalue weighted by Gasteiger charge is 2.12. The second-order valence-corrected chi connectivity index (χ2v) is 5.51. The molecule has 0 heterocycles. The van der Waals surface area contributed by atoms with Crippen LogP contribution in [0.4, 0.5) is 14.5 Å². The van der Waals surface area contributed by atoms with E-state index in [1.165, 1.54) is 25.3 Å². The number of nitrogens with one attached hydrogen (secondary N) is 1. The van der Waals surface area contributed by atoms with Gasteiger partial charge in [-0.3, -0.25) is 0 Å². The second-order valence-electron chi connectivity index (χ2n) is 4.22. The predicted molar refractivity (Wildman–Crippen MR) is 81.1 cm³/mol. The molecule has 2 rings (SSSR count). The molecule has 2 N–H and O–H groups in total. The van der Waals surface area contributed by atoms with Gasteiger partial charge in [0.05, 0.1) is 17.3 Å². The number of benzene rings is 2. The summed E-state index contributed by atoms with van der Waals surface area (Å²) in [5, 5.41) is 13.1. The largest absolute Gasteiger partial charge is 0.504 e. The van der Waals surface area contributed by atoms with E-state index < -0.39 is 11.6 Å². The number of hydrogen-bond acceptors (Lipinski definition) is 3. The molecule has 21 heavy (non-hydrogen) atoms. The molecule has 0 saturated heterocycles. The van der Waals surface area contributed by atoms with E-state index in [2.05, 4.69) is 21.2 Å². The van der Waals surface area contributed by atoms with Crippen molar-refractivity contribution in [3.63, 3.8) is 0 Å². The normalized spacial score (nSPS) is 10.5. The third kappa shape index (κ3) is 3.57. The van der Waals surface area contributed by atoms with Gasteiger partial charge in [-0.15, -0.1) is 0 Å². The number of ether oxygens (including phenoxy) is 1. The molecule has 2 aromatic carbocycles. The van der Waals surface area contributed by atoms with Gasteiger partial charge in [-0.25, -0.2) is 8.78 Å². The molecule has 0 aliphatic heterocycles. The minimum absolute atomic E-state index is 0.0871. The maximum atomic E-state index is 13.6. The van der Waals surface area contributed by atoms with E-state index >= 15 is 0 Å². The standard InChI is InChI=1S/C14H11BrClF2NO2/c1-21-13-3-8(16)2-7(14(13)20)6-19-12-4-9(15)10(17)5-11(12)18/h2-5,19-20H,6H2,1H3. The fraction of sp³-hybridized carbons (Fsp3) is 0.143. The highest BCUT2D eigenvalue weighted by Crippen LogP contribution is 2.34. The molecule has 0 atom stereocenters. The van der Waals surface area contributed by atoms with Crippen molar-refractivity contribution in [3.05, 3.63) is 51.0 Å². The Labute approximate surface area is 133 Å². The molecule has 0 unspecified atom stereocenters. The van der Waals surface area contributed by atoms with Crippen molar-refractivity contribution in [1.29, 1.82) is 0 Å². The number of hydrogen-bond donors (Lipinski definition) is 2. The number of phenols is 1. The summed E-state index contributed by atoms with van der Waals surface area (Å²) in [6.07, 6.45) is 0. The number of phenolic OH excluding ortho intramolecular Hbond substituents is 1. The van der Waals surface area contributed by atoms with Crippen molar-refractivity contribution in [2.45, 2.75) is 6.54 Å². The molecule has 0 spiro atoms. The van der Waals surface area contributed by atoms with E-state index in [9.17, 15) is 13.9 Å². The Morgan fingerprint density at radius 3 is 2.62 bits per heavy atom. The summed E-state index contributed by atoms with van der Waals surface area (Å²) in [5.74, 6) is -1.29. The maximum Gasteiger partial charge on any atom is 0.162 e. The molecule has 0 fully saturated rings. The van der Waals surface area contributed by atoms with Gasteiger partial charge in [-0.2, -0.15) is 0 Å². The third-order valence-electron chi connectivity index (χ3n) is 2.82. The first kappa shape index (κ1) is 15.9. The van der Waals surface area contributed by atoms with Crippen molar-refractivity contribution >= 4 is 33.2 Å². The summed E-state index contributed by atoms with van der Waals surface area (Å²) in [5.41, 5.74) is 0.529. The van der Waals surface area contributed by atoms with Crippen molar-refractivity contribution in [3.8, 4) is 11.5 Å². The molecule has 0 aliphatic rings. The van der Waals surface area contributed by atoms with Gasteiger partial charge >= 0.3 is 0 Å². The molecule has 0 saturated carbocycles. The summed E-state index contributed by atoms with van der Waals surface area (Å²) in [4.78, 5) is 0. The summed E-state index contributed by atoms with van der Waals surface area (Å²) in [7, 11) is 1.40. The minimum atomic E-state index is -0.732. The van der Waals surface area contributed by atoms with Gasteiger partial charge in [0.15, 0.2) is 11.5 Å². The molecule has 0 aromatic heterocycles. The number of rotatable bonds is 4. The summed E-state index contributed by atoms with van der Waals surface area (Å²) >= 11 is 8.89.